The molecule has 4 heteroatoms. The topological polar surface area (TPSA) is 49.8 Å². The summed E-state index contributed by atoms with van der Waals surface area (Å²) in [5.74, 6) is 0.419. The van der Waals surface area contributed by atoms with Gasteiger partial charge in [0.15, 0.2) is 0 Å². The van der Waals surface area contributed by atoms with Gasteiger partial charge in [0.05, 0.1) is 13.1 Å². The predicted octanol–water partition coefficient (Wildman–Crippen LogP) is 0.00460. The van der Waals surface area contributed by atoms with E-state index >= 15 is 0 Å². The molecule has 1 saturated carbocycles. The minimum Gasteiger partial charge on any atom is -0.386 e. The van der Waals surface area contributed by atoms with Crippen LogP contribution >= 0.6 is 0 Å². The molecule has 2 aliphatic rings. The third-order valence-corrected chi connectivity index (χ3v) is 3.28. The molecule has 1 saturated heterocycles. The molecule has 1 heterocycles. The fraction of sp³-hybridized carbons (Fsp3) is 0.900. The maximum absolute atomic E-state index is 11.6. The lowest BCUT2D eigenvalue weighted by atomic mass is 9.88. The molecule has 0 aromatic heterocycles. The molecule has 0 aromatic rings. The van der Waals surface area contributed by atoms with Crippen LogP contribution in [0.5, 0.6) is 0 Å². The van der Waals surface area contributed by atoms with Crippen LogP contribution < -0.4 is 0 Å². The van der Waals surface area contributed by atoms with E-state index in [-0.39, 0.29) is 5.91 Å². The number of carbonyl (C=O) groups excluding carboxylic acids is 1. The zero-order valence-corrected chi connectivity index (χ0v) is 8.69. The van der Waals surface area contributed by atoms with Gasteiger partial charge in [-0.2, -0.15) is 0 Å². The number of hydrogen-bond donors (Lipinski definition) is 1. The first kappa shape index (κ1) is 9.93. The van der Waals surface area contributed by atoms with Crippen LogP contribution in [0.2, 0.25) is 0 Å². The molecule has 2 rings (SSSR count). The lowest BCUT2D eigenvalue weighted by Gasteiger charge is -2.47. The summed E-state index contributed by atoms with van der Waals surface area (Å²) >= 11 is 0. The van der Waals surface area contributed by atoms with Crippen LogP contribution in [0.3, 0.4) is 0 Å². The van der Waals surface area contributed by atoms with Gasteiger partial charge in [0.2, 0.25) is 0 Å². The summed E-state index contributed by atoms with van der Waals surface area (Å²) in [6.07, 6.45) is 1.83. The van der Waals surface area contributed by atoms with Crippen LogP contribution in [0.15, 0.2) is 0 Å². The van der Waals surface area contributed by atoms with Crippen molar-refractivity contribution in [3.8, 4) is 0 Å². The molecule has 0 aromatic carbocycles. The van der Waals surface area contributed by atoms with E-state index < -0.39 is 11.7 Å². The van der Waals surface area contributed by atoms with Crippen LogP contribution in [-0.2, 0) is 9.53 Å². The Morgan fingerprint density at radius 2 is 2.14 bits per heavy atom. The molecule has 1 aliphatic heterocycles. The highest BCUT2D eigenvalue weighted by Crippen LogP contribution is 2.44. The fourth-order valence-electron chi connectivity index (χ4n) is 2.01. The average Bonchev–Trinajstić information content (AvgIpc) is 2.93. The monoisotopic (exact) mass is 199 g/mol. The summed E-state index contributed by atoms with van der Waals surface area (Å²) < 4.78 is 4.94. The van der Waals surface area contributed by atoms with E-state index in [9.17, 15) is 9.90 Å². The number of rotatable bonds is 3. The van der Waals surface area contributed by atoms with E-state index in [1.165, 1.54) is 7.11 Å². The van der Waals surface area contributed by atoms with Gasteiger partial charge in [0.25, 0.3) is 5.91 Å². The SMILES string of the molecule is COC(C)C(=O)N1CC(O)(C2CC2)C1. The molecule has 1 atom stereocenters. The number of amides is 1. The van der Waals surface area contributed by atoms with Crippen molar-refractivity contribution in [3.63, 3.8) is 0 Å². The highest BCUT2D eigenvalue weighted by molar-refractivity contribution is 5.81. The molecular formula is C10H17NO3. The van der Waals surface area contributed by atoms with E-state index in [0.29, 0.717) is 19.0 Å². The minimum atomic E-state index is -0.580. The van der Waals surface area contributed by atoms with E-state index in [2.05, 4.69) is 0 Å². The number of hydrogen-bond acceptors (Lipinski definition) is 3. The van der Waals surface area contributed by atoms with E-state index in [4.69, 9.17) is 4.74 Å². The Balaban J connectivity index is 1.84. The Kier molecular flexibility index (Phi) is 2.27. The number of aliphatic hydroxyl groups is 1. The molecule has 0 spiro atoms. The number of β-amino-alcohol motifs (C(OH)–C–C–N with tert-alkyl or cyclic N) is 1. The molecule has 4 nitrogen and oxygen atoms in total. The number of likely N-dealkylation sites (tertiary alicyclic amines) is 1. The van der Waals surface area contributed by atoms with Gasteiger partial charge in [-0.25, -0.2) is 0 Å². The van der Waals surface area contributed by atoms with Gasteiger partial charge in [-0.1, -0.05) is 0 Å². The Morgan fingerprint density at radius 3 is 2.57 bits per heavy atom. The second-order valence-electron chi connectivity index (χ2n) is 4.45. The van der Waals surface area contributed by atoms with Gasteiger partial charge in [0.1, 0.15) is 11.7 Å². The zero-order chi connectivity index (χ0) is 10.3. The molecule has 14 heavy (non-hydrogen) atoms. The summed E-state index contributed by atoms with van der Waals surface area (Å²) in [4.78, 5) is 13.3. The smallest absolute Gasteiger partial charge is 0.251 e. The largest absolute Gasteiger partial charge is 0.386 e. The summed E-state index contributed by atoms with van der Waals surface area (Å²) in [5.41, 5.74) is -0.580. The van der Waals surface area contributed by atoms with E-state index in [1.54, 1.807) is 11.8 Å². The van der Waals surface area contributed by atoms with Crippen molar-refractivity contribution in [2.45, 2.75) is 31.5 Å². The molecule has 1 N–H and O–H groups in total. The number of carbonyl (C=O) groups is 1. The summed E-state index contributed by atoms with van der Waals surface area (Å²) in [7, 11) is 1.52. The number of ether oxygens (including phenoxy) is 1. The molecule has 1 amide bonds. The van der Waals surface area contributed by atoms with Gasteiger partial charge in [-0.3, -0.25) is 4.79 Å². The van der Waals surface area contributed by atoms with Gasteiger partial charge < -0.3 is 14.7 Å². The lowest BCUT2D eigenvalue weighted by molar-refractivity contribution is -0.167. The summed E-state index contributed by atoms with van der Waals surface area (Å²) in [5, 5.41) is 9.99. The van der Waals surface area contributed by atoms with Gasteiger partial charge >= 0.3 is 0 Å². The molecule has 1 aliphatic carbocycles. The fourth-order valence-corrected chi connectivity index (χ4v) is 2.01. The van der Waals surface area contributed by atoms with Crippen molar-refractivity contribution in [2.24, 2.45) is 5.92 Å². The predicted molar refractivity (Wildman–Crippen MR) is 50.7 cm³/mol. The molecule has 1 unspecified atom stereocenters. The molecular weight excluding hydrogens is 182 g/mol. The number of methoxy groups -OCH3 is 1. The highest BCUT2D eigenvalue weighted by atomic mass is 16.5. The highest BCUT2D eigenvalue weighted by Gasteiger charge is 2.53. The normalized spacial score (nSPS) is 26.9. The third-order valence-electron chi connectivity index (χ3n) is 3.28. The van der Waals surface area contributed by atoms with Gasteiger partial charge in [-0.05, 0) is 25.7 Å². The Hall–Kier alpha value is -0.610. The summed E-state index contributed by atoms with van der Waals surface area (Å²) in [6, 6.07) is 0. The third kappa shape index (κ3) is 1.53. The Labute approximate surface area is 83.8 Å². The average molecular weight is 199 g/mol. The van der Waals surface area contributed by atoms with E-state index in [0.717, 1.165) is 12.8 Å². The van der Waals surface area contributed by atoms with Crippen molar-refractivity contribution in [1.29, 1.82) is 0 Å². The first-order valence-electron chi connectivity index (χ1n) is 5.11. The molecule has 2 fully saturated rings. The standard InChI is InChI=1S/C10H17NO3/c1-7(14-2)9(12)11-5-10(13,6-11)8-3-4-8/h7-8,13H,3-6H2,1-2H3. The zero-order valence-electron chi connectivity index (χ0n) is 8.69. The van der Waals surface area contributed by atoms with E-state index in [1.807, 2.05) is 0 Å². The van der Waals surface area contributed by atoms with Crippen molar-refractivity contribution < 1.29 is 14.6 Å². The molecule has 0 bridgehead atoms. The Morgan fingerprint density at radius 1 is 1.57 bits per heavy atom. The van der Waals surface area contributed by atoms with Crippen molar-refractivity contribution in [2.75, 3.05) is 20.2 Å². The maximum atomic E-state index is 11.6. The summed E-state index contributed by atoms with van der Waals surface area (Å²) in [6.45, 7) is 2.71. The first-order valence-corrected chi connectivity index (χ1v) is 5.11. The van der Waals surface area contributed by atoms with Crippen molar-refractivity contribution >= 4 is 5.91 Å². The maximum Gasteiger partial charge on any atom is 0.251 e. The van der Waals surface area contributed by atoms with Crippen LogP contribution in [0, 0.1) is 5.92 Å². The van der Waals surface area contributed by atoms with Crippen LogP contribution in [-0.4, -0.2) is 47.8 Å². The van der Waals surface area contributed by atoms with Crippen LogP contribution in [0.4, 0.5) is 0 Å². The number of nitrogens with zero attached hydrogens (tertiary/aromatic N) is 1. The molecule has 80 valence electrons. The van der Waals surface area contributed by atoms with Crippen LogP contribution in [0.25, 0.3) is 0 Å². The lowest BCUT2D eigenvalue weighted by Crippen LogP contribution is -2.66. The van der Waals surface area contributed by atoms with Gasteiger partial charge in [0, 0.05) is 7.11 Å². The quantitative estimate of drug-likeness (QED) is 0.696. The van der Waals surface area contributed by atoms with Crippen molar-refractivity contribution in [3.05, 3.63) is 0 Å². The second kappa shape index (κ2) is 3.21. The van der Waals surface area contributed by atoms with Gasteiger partial charge in [-0.15, -0.1) is 0 Å². The van der Waals surface area contributed by atoms with Crippen LogP contribution in [0.1, 0.15) is 19.8 Å². The Bertz CT molecular complexity index is 244. The van der Waals surface area contributed by atoms with Crippen molar-refractivity contribution in [1.82, 2.24) is 4.90 Å². The minimum absolute atomic E-state index is 0.0159. The first-order chi connectivity index (χ1) is 6.57. The second-order valence-corrected chi connectivity index (χ2v) is 4.45. The molecule has 0 radical (unpaired) electrons.